The maximum absolute atomic E-state index is 12.4. The van der Waals surface area contributed by atoms with Gasteiger partial charge >= 0.3 is 11.9 Å². The molecule has 1 saturated heterocycles. The fraction of sp³-hybridized carbons (Fsp3) is 0.692. The van der Waals surface area contributed by atoms with Crippen LogP contribution in [0.15, 0.2) is 36.5 Å². The van der Waals surface area contributed by atoms with Gasteiger partial charge in [0.2, 0.25) is 0 Å². The third kappa shape index (κ3) is 11.1. The van der Waals surface area contributed by atoms with Gasteiger partial charge in [-0.2, -0.15) is 0 Å². The monoisotopic (exact) mass is 464 g/mol. The zero-order chi connectivity index (χ0) is 24.1. The van der Waals surface area contributed by atoms with Gasteiger partial charge in [0.1, 0.15) is 18.3 Å². The first-order valence-electron chi connectivity index (χ1n) is 12.3. The SMILES string of the molecule is CCC(O)CCCCC/C=C/C=C/C1C/C=C/C(OC(C)=O)CCCC(O)C2OC2C(=O)O1. The van der Waals surface area contributed by atoms with Crippen LogP contribution >= 0.6 is 0 Å². The zero-order valence-corrected chi connectivity index (χ0v) is 19.9. The van der Waals surface area contributed by atoms with Crippen LogP contribution in [0, 0.1) is 0 Å². The van der Waals surface area contributed by atoms with E-state index in [0.29, 0.717) is 25.7 Å². The molecule has 1 fully saturated rings. The molecule has 0 aliphatic carbocycles. The number of allylic oxidation sites excluding steroid dienone is 3. The molecule has 0 amide bonds. The lowest BCUT2D eigenvalue weighted by Crippen LogP contribution is -2.25. The smallest absolute Gasteiger partial charge is 0.338 e. The van der Waals surface area contributed by atoms with Crippen LogP contribution in [-0.2, 0) is 23.8 Å². The first kappa shape index (κ1) is 27.3. The molecule has 0 spiro atoms. The van der Waals surface area contributed by atoms with Crippen LogP contribution in [0.3, 0.4) is 0 Å². The summed E-state index contributed by atoms with van der Waals surface area (Å²) in [6, 6.07) is 0. The Morgan fingerprint density at radius 1 is 1.27 bits per heavy atom. The second kappa shape index (κ2) is 15.0. The minimum atomic E-state index is -0.743. The van der Waals surface area contributed by atoms with Crippen molar-refractivity contribution >= 4 is 11.9 Å². The molecule has 0 aromatic heterocycles. The van der Waals surface area contributed by atoms with E-state index in [1.54, 1.807) is 0 Å². The van der Waals surface area contributed by atoms with Gasteiger partial charge in [-0.15, -0.1) is 0 Å². The maximum atomic E-state index is 12.4. The van der Waals surface area contributed by atoms with E-state index in [1.165, 1.54) is 6.92 Å². The predicted octanol–water partition coefficient (Wildman–Crippen LogP) is 3.92. The van der Waals surface area contributed by atoms with Crippen molar-refractivity contribution in [3.8, 4) is 0 Å². The molecule has 6 atom stereocenters. The second-order valence-electron chi connectivity index (χ2n) is 8.82. The molecule has 0 saturated carbocycles. The molecule has 33 heavy (non-hydrogen) atoms. The number of hydrogen-bond acceptors (Lipinski definition) is 7. The largest absolute Gasteiger partial charge is 0.458 e. The molecule has 7 heteroatoms. The number of aliphatic hydroxyl groups is 2. The van der Waals surface area contributed by atoms with Crippen LogP contribution in [-0.4, -0.2) is 58.8 Å². The van der Waals surface area contributed by atoms with Gasteiger partial charge in [0.25, 0.3) is 0 Å². The van der Waals surface area contributed by atoms with E-state index in [1.807, 2.05) is 37.3 Å². The fourth-order valence-corrected chi connectivity index (χ4v) is 3.84. The first-order chi connectivity index (χ1) is 15.9. The quantitative estimate of drug-likeness (QED) is 0.166. The molecular weight excluding hydrogens is 424 g/mol. The van der Waals surface area contributed by atoms with Gasteiger partial charge in [0, 0.05) is 13.3 Å². The number of unbranched alkanes of at least 4 members (excludes halogenated alkanes) is 3. The van der Waals surface area contributed by atoms with E-state index >= 15 is 0 Å². The Labute approximate surface area is 197 Å². The van der Waals surface area contributed by atoms with E-state index < -0.39 is 30.4 Å². The Morgan fingerprint density at radius 3 is 2.85 bits per heavy atom. The second-order valence-corrected chi connectivity index (χ2v) is 8.82. The van der Waals surface area contributed by atoms with E-state index in [0.717, 1.165) is 38.5 Å². The van der Waals surface area contributed by atoms with Crippen molar-refractivity contribution in [1.82, 2.24) is 0 Å². The van der Waals surface area contributed by atoms with Crippen molar-refractivity contribution < 1.29 is 34.0 Å². The summed E-state index contributed by atoms with van der Waals surface area (Å²) in [6.07, 6.45) is 16.4. The highest BCUT2D eigenvalue weighted by Crippen LogP contribution is 2.30. The maximum Gasteiger partial charge on any atom is 0.338 e. The van der Waals surface area contributed by atoms with Crippen molar-refractivity contribution in [3.05, 3.63) is 36.5 Å². The third-order valence-corrected chi connectivity index (χ3v) is 5.88. The number of epoxide rings is 1. The number of carbonyl (C=O) groups is 2. The molecule has 2 heterocycles. The molecule has 2 rings (SSSR count). The van der Waals surface area contributed by atoms with Gasteiger partial charge < -0.3 is 24.4 Å². The molecule has 186 valence electrons. The molecule has 2 N–H and O–H groups in total. The Balaban J connectivity index is 1.87. The summed E-state index contributed by atoms with van der Waals surface area (Å²) in [5.74, 6) is -0.814. The third-order valence-electron chi connectivity index (χ3n) is 5.88. The predicted molar refractivity (Wildman–Crippen MR) is 125 cm³/mol. The standard InChI is InChI=1S/C26H40O7/c1-3-20(28)13-9-7-5-4-6-8-10-14-22-16-11-15-21(31-19(2)27)17-12-18-23(29)24-25(33-24)26(30)32-22/h6,8,10-11,14-15,20-25,28-29H,3-5,7,9,12-13,16-18H2,1-2H3/b8-6+,14-10+,15-11+. The molecule has 2 aliphatic rings. The minimum absolute atomic E-state index is 0.181. The number of hydrogen-bond donors (Lipinski definition) is 2. The number of aliphatic hydroxyl groups excluding tert-OH is 2. The highest BCUT2D eigenvalue weighted by atomic mass is 16.6. The minimum Gasteiger partial charge on any atom is -0.458 e. The van der Waals surface area contributed by atoms with Crippen molar-refractivity contribution in [1.29, 1.82) is 0 Å². The molecule has 0 radical (unpaired) electrons. The fourth-order valence-electron chi connectivity index (χ4n) is 3.84. The first-order valence-corrected chi connectivity index (χ1v) is 12.3. The van der Waals surface area contributed by atoms with Gasteiger partial charge in [-0.1, -0.05) is 44.1 Å². The average Bonchev–Trinajstić information content (AvgIpc) is 3.57. The van der Waals surface area contributed by atoms with Gasteiger partial charge in [-0.05, 0) is 57.1 Å². The van der Waals surface area contributed by atoms with Crippen LogP contribution in [0.4, 0.5) is 0 Å². The van der Waals surface area contributed by atoms with E-state index in [2.05, 4.69) is 6.08 Å². The highest BCUT2D eigenvalue weighted by molar-refractivity contribution is 5.78. The average molecular weight is 465 g/mol. The van der Waals surface area contributed by atoms with E-state index in [-0.39, 0.29) is 18.2 Å². The summed E-state index contributed by atoms with van der Waals surface area (Å²) in [6.45, 7) is 3.37. The summed E-state index contributed by atoms with van der Waals surface area (Å²) < 4.78 is 16.3. The summed E-state index contributed by atoms with van der Waals surface area (Å²) in [7, 11) is 0. The number of ether oxygens (including phenoxy) is 3. The number of carbonyl (C=O) groups excluding carboxylic acids is 2. The lowest BCUT2D eigenvalue weighted by atomic mass is 10.0. The molecule has 7 nitrogen and oxygen atoms in total. The Kier molecular flexibility index (Phi) is 12.4. The van der Waals surface area contributed by atoms with Crippen LogP contribution in [0.1, 0.15) is 78.1 Å². The molecule has 0 bridgehead atoms. The number of esters is 2. The van der Waals surface area contributed by atoms with Crippen molar-refractivity contribution in [3.63, 3.8) is 0 Å². The summed E-state index contributed by atoms with van der Waals surface area (Å²) in [4.78, 5) is 23.8. The Morgan fingerprint density at radius 2 is 2.09 bits per heavy atom. The van der Waals surface area contributed by atoms with Crippen molar-refractivity contribution in [2.75, 3.05) is 0 Å². The van der Waals surface area contributed by atoms with Gasteiger partial charge in [-0.25, -0.2) is 4.79 Å². The van der Waals surface area contributed by atoms with Crippen LogP contribution in [0.2, 0.25) is 0 Å². The normalized spacial score (nSPS) is 30.5. The lowest BCUT2D eigenvalue weighted by molar-refractivity contribution is -0.148. The van der Waals surface area contributed by atoms with Gasteiger partial charge in [0.05, 0.1) is 12.2 Å². The number of fused-ring (bicyclic) bond motifs is 1. The van der Waals surface area contributed by atoms with E-state index in [4.69, 9.17) is 14.2 Å². The Bertz CT molecular complexity index is 684. The number of rotatable bonds is 10. The molecule has 6 unspecified atom stereocenters. The van der Waals surface area contributed by atoms with Gasteiger partial charge in [-0.3, -0.25) is 4.79 Å². The zero-order valence-electron chi connectivity index (χ0n) is 19.9. The highest BCUT2D eigenvalue weighted by Gasteiger charge is 2.50. The summed E-state index contributed by atoms with van der Waals surface area (Å²) >= 11 is 0. The van der Waals surface area contributed by atoms with Crippen LogP contribution in [0.5, 0.6) is 0 Å². The molecule has 0 aromatic carbocycles. The van der Waals surface area contributed by atoms with E-state index in [9.17, 15) is 19.8 Å². The van der Waals surface area contributed by atoms with Gasteiger partial charge in [0.15, 0.2) is 6.10 Å². The Hall–Kier alpha value is -1.96. The topological polar surface area (TPSA) is 106 Å². The number of cyclic esters (lactones) is 1. The van der Waals surface area contributed by atoms with Crippen LogP contribution < -0.4 is 0 Å². The summed E-state index contributed by atoms with van der Waals surface area (Å²) in [5.41, 5.74) is 0. The molecular formula is C26H40O7. The van der Waals surface area contributed by atoms with Crippen LogP contribution in [0.25, 0.3) is 0 Å². The van der Waals surface area contributed by atoms with Crippen molar-refractivity contribution in [2.45, 2.75) is 115 Å². The van der Waals surface area contributed by atoms with Crippen molar-refractivity contribution in [2.24, 2.45) is 0 Å². The molecule has 2 aliphatic heterocycles. The molecule has 0 aromatic rings. The summed E-state index contributed by atoms with van der Waals surface area (Å²) in [5, 5.41) is 19.8. The lowest BCUT2D eigenvalue weighted by Gasteiger charge is -2.14.